The highest BCUT2D eigenvalue weighted by Gasteiger charge is 2.28. The Hall–Kier alpha value is -3.48. The predicted octanol–water partition coefficient (Wildman–Crippen LogP) is 1.22. The minimum absolute atomic E-state index is 0.0851. The molecule has 2 amide bonds. The van der Waals surface area contributed by atoms with E-state index in [1.807, 2.05) is 24.3 Å². The molecule has 0 saturated heterocycles. The molecule has 0 aliphatic carbocycles. The maximum Gasteiger partial charge on any atom is 0.273 e. The number of aromatic amines is 1. The van der Waals surface area contributed by atoms with E-state index in [0.29, 0.717) is 17.2 Å². The van der Waals surface area contributed by atoms with E-state index in [9.17, 15) is 14.4 Å². The predicted molar refractivity (Wildman–Crippen MR) is 92.4 cm³/mol. The molecule has 1 aliphatic rings. The van der Waals surface area contributed by atoms with Crippen LogP contribution in [-0.4, -0.2) is 28.1 Å². The zero-order valence-corrected chi connectivity index (χ0v) is 13.1. The molecule has 0 bridgehead atoms. The number of hydrogen-bond acceptors (Lipinski definition) is 4. The van der Waals surface area contributed by atoms with Crippen LogP contribution in [0.2, 0.25) is 0 Å². The fourth-order valence-corrected chi connectivity index (χ4v) is 2.98. The van der Waals surface area contributed by atoms with Crippen LogP contribution in [0.1, 0.15) is 16.1 Å². The molecule has 25 heavy (non-hydrogen) atoms. The average Bonchev–Trinajstić information content (AvgIpc) is 2.63. The number of carbonyl (C=O) groups excluding carboxylic acids is 2. The number of nitrogens with zero attached hydrogens (tertiary/aromatic N) is 1. The molecule has 2 aromatic carbocycles. The number of rotatable bonds is 2. The van der Waals surface area contributed by atoms with Crippen molar-refractivity contribution in [3.05, 3.63) is 70.1 Å². The Morgan fingerprint density at radius 2 is 1.76 bits per heavy atom. The van der Waals surface area contributed by atoms with Crippen molar-refractivity contribution in [2.45, 2.75) is 12.5 Å². The van der Waals surface area contributed by atoms with E-state index in [2.05, 4.69) is 20.8 Å². The summed E-state index contributed by atoms with van der Waals surface area (Å²) in [4.78, 5) is 36.7. The first-order valence-corrected chi connectivity index (χ1v) is 7.80. The molecule has 3 aromatic rings. The quantitative estimate of drug-likeness (QED) is 0.655. The fourth-order valence-electron chi connectivity index (χ4n) is 2.98. The third-order valence-electron chi connectivity index (χ3n) is 4.23. The summed E-state index contributed by atoms with van der Waals surface area (Å²) < 4.78 is 0. The van der Waals surface area contributed by atoms with Crippen molar-refractivity contribution in [1.29, 1.82) is 0 Å². The van der Waals surface area contributed by atoms with Gasteiger partial charge < -0.3 is 10.6 Å². The van der Waals surface area contributed by atoms with E-state index in [4.69, 9.17) is 0 Å². The second-order valence-corrected chi connectivity index (χ2v) is 5.82. The Balaban J connectivity index is 1.64. The zero-order valence-electron chi connectivity index (χ0n) is 13.1. The van der Waals surface area contributed by atoms with Gasteiger partial charge in [-0.2, -0.15) is 5.10 Å². The van der Waals surface area contributed by atoms with E-state index in [0.717, 1.165) is 11.3 Å². The summed E-state index contributed by atoms with van der Waals surface area (Å²) in [5, 5.41) is 12.5. The summed E-state index contributed by atoms with van der Waals surface area (Å²) in [6.07, 6.45) is 0.398. The van der Waals surface area contributed by atoms with Crippen molar-refractivity contribution in [2.24, 2.45) is 0 Å². The van der Waals surface area contributed by atoms with Crippen molar-refractivity contribution < 1.29 is 9.59 Å². The van der Waals surface area contributed by atoms with Crippen molar-refractivity contribution in [2.75, 3.05) is 5.32 Å². The maximum absolute atomic E-state index is 12.6. The average molecular weight is 334 g/mol. The number of para-hydroxylation sites is 1. The highest BCUT2D eigenvalue weighted by molar-refractivity contribution is 6.07. The number of hydrogen-bond donors (Lipinski definition) is 3. The summed E-state index contributed by atoms with van der Waals surface area (Å²) in [5.41, 5.74) is 1.43. The Kier molecular flexibility index (Phi) is 3.53. The normalized spacial score (nSPS) is 16.2. The van der Waals surface area contributed by atoms with Crippen LogP contribution in [0.25, 0.3) is 10.8 Å². The van der Waals surface area contributed by atoms with Gasteiger partial charge in [-0.3, -0.25) is 14.4 Å². The van der Waals surface area contributed by atoms with Gasteiger partial charge in [0.05, 0.1) is 5.39 Å². The lowest BCUT2D eigenvalue weighted by Gasteiger charge is -2.25. The van der Waals surface area contributed by atoms with E-state index in [1.165, 1.54) is 0 Å². The minimum atomic E-state index is -0.699. The molecule has 1 atom stereocenters. The van der Waals surface area contributed by atoms with Crippen LogP contribution >= 0.6 is 0 Å². The second kappa shape index (κ2) is 5.86. The van der Waals surface area contributed by atoms with E-state index in [-0.39, 0.29) is 17.2 Å². The van der Waals surface area contributed by atoms with Gasteiger partial charge in [0.2, 0.25) is 5.91 Å². The zero-order chi connectivity index (χ0) is 17.4. The summed E-state index contributed by atoms with van der Waals surface area (Å²) in [7, 11) is 0. The molecule has 3 N–H and O–H groups in total. The summed E-state index contributed by atoms with van der Waals surface area (Å²) in [6, 6.07) is 13.5. The van der Waals surface area contributed by atoms with E-state index in [1.54, 1.807) is 24.3 Å². The molecule has 4 rings (SSSR count). The second-order valence-electron chi connectivity index (χ2n) is 5.82. The number of aromatic nitrogens is 2. The lowest BCUT2D eigenvalue weighted by atomic mass is 9.99. The van der Waals surface area contributed by atoms with Gasteiger partial charge in [-0.25, -0.2) is 5.10 Å². The van der Waals surface area contributed by atoms with Crippen molar-refractivity contribution >= 4 is 28.3 Å². The Bertz CT molecular complexity index is 1060. The van der Waals surface area contributed by atoms with Gasteiger partial charge in [-0.15, -0.1) is 0 Å². The van der Waals surface area contributed by atoms with Crippen LogP contribution in [0.4, 0.5) is 5.69 Å². The Morgan fingerprint density at radius 1 is 1.04 bits per heavy atom. The highest BCUT2D eigenvalue weighted by Crippen LogP contribution is 2.22. The van der Waals surface area contributed by atoms with Gasteiger partial charge in [0, 0.05) is 17.5 Å². The molecule has 1 aromatic heterocycles. The molecule has 1 aliphatic heterocycles. The molecule has 0 fully saturated rings. The molecule has 124 valence electrons. The molecule has 1 unspecified atom stereocenters. The van der Waals surface area contributed by atoms with Gasteiger partial charge in [0.15, 0.2) is 5.69 Å². The molecule has 0 radical (unpaired) electrons. The minimum Gasteiger partial charge on any atom is -0.338 e. The fraction of sp³-hybridized carbons (Fsp3) is 0.111. The van der Waals surface area contributed by atoms with Crippen molar-refractivity contribution in [3.8, 4) is 0 Å². The van der Waals surface area contributed by atoms with Gasteiger partial charge in [0.1, 0.15) is 6.04 Å². The lowest BCUT2D eigenvalue weighted by Crippen LogP contribution is -2.48. The summed E-state index contributed by atoms with van der Waals surface area (Å²) in [5.74, 6) is -0.784. The van der Waals surface area contributed by atoms with Crippen LogP contribution in [0.5, 0.6) is 0 Å². The maximum atomic E-state index is 12.6. The third-order valence-corrected chi connectivity index (χ3v) is 4.23. The lowest BCUT2D eigenvalue weighted by molar-refractivity contribution is -0.118. The molecule has 7 heteroatoms. The first kappa shape index (κ1) is 15.1. The third kappa shape index (κ3) is 2.65. The smallest absolute Gasteiger partial charge is 0.273 e. The van der Waals surface area contributed by atoms with E-state index >= 15 is 0 Å². The number of H-pyrrole nitrogens is 1. The van der Waals surface area contributed by atoms with Crippen molar-refractivity contribution in [3.63, 3.8) is 0 Å². The van der Waals surface area contributed by atoms with Crippen LogP contribution in [0.3, 0.4) is 0 Å². The molecule has 0 saturated carbocycles. The molecule has 7 nitrogen and oxygen atoms in total. The van der Waals surface area contributed by atoms with Gasteiger partial charge >= 0.3 is 0 Å². The number of carbonyl (C=O) groups is 2. The van der Waals surface area contributed by atoms with E-state index < -0.39 is 11.9 Å². The largest absolute Gasteiger partial charge is 0.338 e. The van der Waals surface area contributed by atoms with Crippen LogP contribution in [0, 0.1) is 0 Å². The van der Waals surface area contributed by atoms with Gasteiger partial charge in [0.25, 0.3) is 11.5 Å². The van der Waals surface area contributed by atoms with Crippen LogP contribution < -0.4 is 16.2 Å². The number of benzene rings is 2. The highest BCUT2D eigenvalue weighted by atomic mass is 16.2. The SMILES string of the molecule is O=C(NC1Cc2ccccc2NC1=O)c1n[nH]c(=O)c2ccccc12. The Morgan fingerprint density at radius 3 is 2.60 bits per heavy atom. The number of amides is 2. The molecular weight excluding hydrogens is 320 g/mol. The van der Waals surface area contributed by atoms with Gasteiger partial charge in [-0.1, -0.05) is 36.4 Å². The molecule has 2 heterocycles. The summed E-state index contributed by atoms with van der Waals surface area (Å²) in [6.45, 7) is 0. The number of nitrogens with one attached hydrogen (secondary N) is 3. The monoisotopic (exact) mass is 334 g/mol. The number of anilines is 1. The molecular formula is C18H14N4O3. The van der Waals surface area contributed by atoms with Crippen LogP contribution in [-0.2, 0) is 11.2 Å². The first-order valence-electron chi connectivity index (χ1n) is 7.80. The topological polar surface area (TPSA) is 104 Å². The first-order chi connectivity index (χ1) is 12.1. The van der Waals surface area contributed by atoms with Crippen LogP contribution in [0.15, 0.2) is 53.3 Å². The van der Waals surface area contributed by atoms with Crippen molar-refractivity contribution in [1.82, 2.24) is 15.5 Å². The standard InChI is InChI=1S/C18H14N4O3/c23-16-12-7-3-2-6-11(12)15(21-22-16)18(25)20-14-9-10-5-1-4-8-13(10)19-17(14)24/h1-8,14H,9H2,(H,19,24)(H,20,25)(H,22,23). The number of fused-ring (bicyclic) bond motifs is 2. The Labute approximate surface area is 142 Å². The van der Waals surface area contributed by atoms with Gasteiger partial charge in [-0.05, 0) is 17.7 Å². The summed E-state index contributed by atoms with van der Waals surface area (Å²) >= 11 is 0. The molecule has 0 spiro atoms.